The summed E-state index contributed by atoms with van der Waals surface area (Å²) < 4.78 is 11.0. The summed E-state index contributed by atoms with van der Waals surface area (Å²) in [6.45, 7) is 0. The van der Waals surface area contributed by atoms with Crippen molar-refractivity contribution in [1.82, 2.24) is 10.2 Å². The number of aromatic amines is 1. The van der Waals surface area contributed by atoms with E-state index in [0.717, 1.165) is 41.8 Å². The third-order valence-corrected chi connectivity index (χ3v) is 4.50. The van der Waals surface area contributed by atoms with Crippen LogP contribution in [0.25, 0.3) is 22.0 Å². The minimum Gasteiger partial charge on any atom is -0.497 e. The number of fused-ring (bicyclic) bond motifs is 5. The van der Waals surface area contributed by atoms with Crippen molar-refractivity contribution in [3.63, 3.8) is 0 Å². The molecule has 1 N–H and O–H groups in total. The zero-order valence-corrected chi connectivity index (χ0v) is 12.8. The molecule has 1 aromatic heterocycles. The molecule has 1 heterocycles. The molecular formula is C18H18N2O2. The van der Waals surface area contributed by atoms with Gasteiger partial charge in [0.05, 0.1) is 26.1 Å². The minimum atomic E-state index is 0.849. The van der Waals surface area contributed by atoms with E-state index in [9.17, 15) is 0 Å². The number of ether oxygens (including phenoxy) is 2. The highest BCUT2D eigenvalue weighted by atomic mass is 16.5. The molecule has 0 fully saturated rings. The second-order valence-electron chi connectivity index (χ2n) is 5.64. The molecule has 0 unspecified atom stereocenters. The molecule has 4 rings (SSSR count). The Labute approximate surface area is 129 Å². The third kappa shape index (κ3) is 1.87. The molecule has 0 spiro atoms. The molecule has 0 aliphatic heterocycles. The molecule has 112 valence electrons. The number of nitrogens with one attached hydrogen (secondary N) is 1. The molecule has 4 heteroatoms. The van der Waals surface area contributed by atoms with Gasteiger partial charge in [-0.05, 0) is 54.0 Å². The lowest BCUT2D eigenvalue weighted by Gasteiger charge is -2.15. The van der Waals surface area contributed by atoms with Gasteiger partial charge < -0.3 is 9.47 Å². The Balaban J connectivity index is 2.07. The molecule has 22 heavy (non-hydrogen) atoms. The second-order valence-corrected chi connectivity index (χ2v) is 5.64. The fourth-order valence-corrected chi connectivity index (χ4v) is 3.41. The Morgan fingerprint density at radius 2 is 1.95 bits per heavy atom. The molecule has 1 aliphatic carbocycles. The number of H-pyrrole nitrogens is 1. The van der Waals surface area contributed by atoms with Gasteiger partial charge in [0.25, 0.3) is 0 Å². The molecule has 0 saturated heterocycles. The molecule has 0 bridgehead atoms. The smallest absolute Gasteiger partial charge is 0.127 e. The van der Waals surface area contributed by atoms with Gasteiger partial charge in [0, 0.05) is 10.9 Å². The van der Waals surface area contributed by atoms with Crippen LogP contribution in [0.2, 0.25) is 0 Å². The van der Waals surface area contributed by atoms with Gasteiger partial charge in [-0.25, -0.2) is 0 Å². The summed E-state index contributed by atoms with van der Waals surface area (Å²) in [4.78, 5) is 0. The fraction of sp³-hybridized carbons (Fsp3) is 0.278. The van der Waals surface area contributed by atoms with Crippen molar-refractivity contribution in [2.75, 3.05) is 14.2 Å². The van der Waals surface area contributed by atoms with Gasteiger partial charge in [-0.2, -0.15) is 5.10 Å². The molecule has 0 amide bonds. The number of rotatable bonds is 2. The van der Waals surface area contributed by atoms with Gasteiger partial charge in [-0.3, -0.25) is 5.10 Å². The zero-order chi connectivity index (χ0) is 15.1. The number of benzene rings is 2. The predicted octanol–water partition coefficient (Wildman–Crippen LogP) is 3.74. The van der Waals surface area contributed by atoms with Gasteiger partial charge in [-0.1, -0.05) is 6.07 Å². The van der Waals surface area contributed by atoms with Crippen LogP contribution in [0.4, 0.5) is 0 Å². The van der Waals surface area contributed by atoms with Crippen molar-refractivity contribution in [2.24, 2.45) is 0 Å². The van der Waals surface area contributed by atoms with Gasteiger partial charge in [-0.15, -0.1) is 0 Å². The summed E-state index contributed by atoms with van der Waals surface area (Å²) in [5.41, 5.74) is 4.98. The van der Waals surface area contributed by atoms with Crippen molar-refractivity contribution in [2.45, 2.75) is 19.3 Å². The maximum atomic E-state index is 5.64. The third-order valence-electron chi connectivity index (χ3n) is 4.50. The molecule has 0 saturated carbocycles. The standard InChI is InChI=1S/C18H18N2O2/c1-21-12-6-7-14-13-5-3-4-11-10-19-20-18(11)16(13)9-17(22-2)15(14)8-12/h6-10H,3-5H2,1-2H3,(H,19,20). The molecule has 4 nitrogen and oxygen atoms in total. The Hall–Kier alpha value is -2.49. The predicted molar refractivity (Wildman–Crippen MR) is 86.7 cm³/mol. The van der Waals surface area contributed by atoms with E-state index in [1.54, 1.807) is 14.2 Å². The lowest BCUT2D eigenvalue weighted by Crippen LogP contribution is -1.95. The first-order valence-corrected chi connectivity index (χ1v) is 7.52. The highest BCUT2D eigenvalue weighted by Gasteiger charge is 2.20. The first-order chi connectivity index (χ1) is 10.8. The SMILES string of the molecule is COc1ccc2c3c(cc(OC)c2c1)-c1[nH]ncc1CCC3. The monoisotopic (exact) mass is 294 g/mol. The van der Waals surface area contributed by atoms with Crippen molar-refractivity contribution in [3.05, 3.63) is 41.6 Å². The van der Waals surface area contributed by atoms with E-state index in [1.807, 2.05) is 18.3 Å². The largest absolute Gasteiger partial charge is 0.497 e. The zero-order valence-electron chi connectivity index (χ0n) is 12.8. The maximum absolute atomic E-state index is 5.64. The Kier molecular flexibility index (Phi) is 3.03. The van der Waals surface area contributed by atoms with Gasteiger partial charge in [0.2, 0.25) is 0 Å². The maximum Gasteiger partial charge on any atom is 0.127 e. The van der Waals surface area contributed by atoms with E-state index < -0.39 is 0 Å². The van der Waals surface area contributed by atoms with Crippen LogP contribution < -0.4 is 9.47 Å². The van der Waals surface area contributed by atoms with E-state index in [0.29, 0.717) is 0 Å². The number of hydrogen-bond donors (Lipinski definition) is 1. The van der Waals surface area contributed by atoms with Crippen LogP contribution in [0.3, 0.4) is 0 Å². The van der Waals surface area contributed by atoms with Crippen LogP contribution in [0.1, 0.15) is 17.5 Å². The molecule has 3 aromatic rings. The summed E-state index contributed by atoms with van der Waals surface area (Å²) in [7, 11) is 3.40. The lowest BCUT2D eigenvalue weighted by atomic mass is 9.94. The highest BCUT2D eigenvalue weighted by Crippen LogP contribution is 2.41. The van der Waals surface area contributed by atoms with Gasteiger partial charge in [0.1, 0.15) is 11.5 Å². The molecule has 2 aromatic carbocycles. The Morgan fingerprint density at radius 1 is 1.05 bits per heavy atom. The number of hydrogen-bond acceptors (Lipinski definition) is 3. The van der Waals surface area contributed by atoms with Crippen LogP contribution in [-0.4, -0.2) is 24.4 Å². The summed E-state index contributed by atoms with van der Waals surface area (Å²) in [5.74, 6) is 1.72. The van der Waals surface area contributed by atoms with Crippen LogP contribution in [0.5, 0.6) is 11.5 Å². The van der Waals surface area contributed by atoms with Crippen LogP contribution >= 0.6 is 0 Å². The van der Waals surface area contributed by atoms with Crippen LogP contribution in [0, 0.1) is 0 Å². The first-order valence-electron chi connectivity index (χ1n) is 7.52. The number of aromatic nitrogens is 2. The molecule has 0 atom stereocenters. The van der Waals surface area contributed by atoms with Crippen molar-refractivity contribution >= 4 is 10.8 Å². The highest BCUT2D eigenvalue weighted by molar-refractivity contribution is 5.97. The molecule has 1 aliphatic rings. The average Bonchev–Trinajstić information content (AvgIpc) is 2.95. The van der Waals surface area contributed by atoms with Crippen molar-refractivity contribution in [3.8, 4) is 22.8 Å². The Bertz CT molecular complexity index is 852. The molecular weight excluding hydrogens is 276 g/mol. The number of methoxy groups -OCH3 is 2. The lowest BCUT2D eigenvalue weighted by molar-refractivity contribution is 0.412. The fourth-order valence-electron chi connectivity index (χ4n) is 3.41. The average molecular weight is 294 g/mol. The minimum absolute atomic E-state index is 0.849. The van der Waals surface area contributed by atoms with Crippen LogP contribution in [0.15, 0.2) is 30.5 Å². The van der Waals surface area contributed by atoms with E-state index in [-0.39, 0.29) is 0 Å². The summed E-state index contributed by atoms with van der Waals surface area (Å²) >= 11 is 0. The van der Waals surface area contributed by atoms with E-state index >= 15 is 0 Å². The van der Waals surface area contributed by atoms with Gasteiger partial charge in [0.15, 0.2) is 0 Å². The second kappa shape index (κ2) is 5.05. The first kappa shape index (κ1) is 13.2. The topological polar surface area (TPSA) is 47.1 Å². The van der Waals surface area contributed by atoms with Crippen molar-refractivity contribution < 1.29 is 9.47 Å². The Morgan fingerprint density at radius 3 is 2.77 bits per heavy atom. The number of aryl methyl sites for hydroxylation is 2. The van der Waals surface area contributed by atoms with Gasteiger partial charge >= 0.3 is 0 Å². The van der Waals surface area contributed by atoms with Crippen molar-refractivity contribution in [1.29, 1.82) is 0 Å². The summed E-state index contributed by atoms with van der Waals surface area (Å²) in [6, 6.07) is 8.32. The summed E-state index contributed by atoms with van der Waals surface area (Å²) in [5, 5.41) is 9.72. The van der Waals surface area contributed by atoms with E-state index in [1.165, 1.54) is 22.1 Å². The molecule has 0 radical (unpaired) electrons. The van der Waals surface area contributed by atoms with Crippen LogP contribution in [-0.2, 0) is 12.8 Å². The number of nitrogens with zero attached hydrogens (tertiary/aromatic N) is 1. The van der Waals surface area contributed by atoms with E-state index in [2.05, 4.69) is 22.3 Å². The van der Waals surface area contributed by atoms with E-state index in [4.69, 9.17) is 9.47 Å². The normalized spacial score (nSPS) is 13.4. The quantitative estimate of drug-likeness (QED) is 0.783. The summed E-state index contributed by atoms with van der Waals surface area (Å²) in [6.07, 6.45) is 5.19.